The summed E-state index contributed by atoms with van der Waals surface area (Å²) in [6, 6.07) is -0.798. The van der Waals surface area contributed by atoms with E-state index in [9.17, 15) is 24.3 Å². The second-order valence-electron chi connectivity index (χ2n) is 18.3. The molecule has 20 nitrogen and oxygen atoms in total. The molecule has 0 saturated carbocycles. The average Bonchev–Trinajstić information content (AvgIpc) is 4.03. The highest BCUT2D eigenvalue weighted by Gasteiger charge is 2.64. The van der Waals surface area contributed by atoms with Crippen molar-refractivity contribution < 1.29 is 47.6 Å². The molecule has 22 heteroatoms. The van der Waals surface area contributed by atoms with Gasteiger partial charge in [-0.1, -0.05) is 26.0 Å². The van der Waals surface area contributed by atoms with Crippen LogP contribution in [0.3, 0.4) is 0 Å². The SMILES string of the molecule is CC[C@H]1OC(=O)C(C)(F)C(=O)[C@@H](C)[C@@H](O[C@@H]2O[C@H](C)CC(N(C)C)C2O)[C@](C)(OC)C[C@@H](C)CN[C@H](C)[C@H]2N(CCCCn3cc(-c4nccs4)nn3)C(=O)O[C@]12n1ccc(N)nc1=O. The quantitative estimate of drug-likeness (QED) is 0.134. The van der Waals surface area contributed by atoms with E-state index >= 15 is 4.39 Å². The number of fused-ring (bicyclic) bond motifs is 1. The number of carbonyl (C=O) groups excluding carboxylic acids is 3. The van der Waals surface area contributed by atoms with Crippen LogP contribution in [0.25, 0.3) is 10.7 Å². The highest BCUT2D eigenvalue weighted by molar-refractivity contribution is 7.13. The summed E-state index contributed by atoms with van der Waals surface area (Å²) in [5.74, 6) is -4.50. The van der Waals surface area contributed by atoms with Crippen molar-refractivity contribution in [3.63, 3.8) is 0 Å². The molecule has 13 atom stereocenters. The summed E-state index contributed by atoms with van der Waals surface area (Å²) < 4.78 is 51.3. The van der Waals surface area contributed by atoms with Crippen LogP contribution in [-0.4, -0.2) is 157 Å². The third kappa shape index (κ3) is 10.1. The van der Waals surface area contributed by atoms with Gasteiger partial charge >= 0.3 is 17.8 Å². The molecule has 4 N–H and O–H groups in total. The fourth-order valence-corrected chi connectivity index (χ4v) is 10.3. The van der Waals surface area contributed by atoms with E-state index in [1.165, 1.54) is 42.5 Å². The maximum atomic E-state index is 17.4. The van der Waals surface area contributed by atoms with Crippen LogP contribution in [0, 0.1) is 11.8 Å². The third-order valence-corrected chi connectivity index (χ3v) is 13.9. The summed E-state index contributed by atoms with van der Waals surface area (Å²) in [4.78, 5) is 68.8. The number of aryl methyl sites for hydroxylation is 1. The number of halogens is 1. The lowest BCUT2D eigenvalue weighted by Crippen LogP contribution is -2.65. The van der Waals surface area contributed by atoms with Crippen molar-refractivity contribution in [3.05, 3.63) is 40.5 Å². The monoisotopic (exact) mass is 932 g/mol. The number of methoxy groups -OCH3 is 1. The number of cyclic esters (lactones) is 1. The van der Waals surface area contributed by atoms with Gasteiger partial charge in [0, 0.05) is 56.0 Å². The first kappa shape index (κ1) is 50.0. The Morgan fingerprint density at radius 3 is 2.49 bits per heavy atom. The fraction of sp³-hybridized carbons (Fsp3) is 0.721. The van der Waals surface area contributed by atoms with Crippen molar-refractivity contribution in [2.75, 3.05) is 40.0 Å². The first-order valence-electron chi connectivity index (χ1n) is 22.2. The number of aromatic nitrogens is 6. The Morgan fingerprint density at radius 2 is 1.85 bits per heavy atom. The number of amides is 1. The summed E-state index contributed by atoms with van der Waals surface area (Å²) in [5, 5.41) is 26.1. The zero-order valence-electron chi connectivity index (χ0n) is 38.9. The molecule has 3 fully saturated rings. The molecule has 0 radical (unpaired) electrons. The van der Waals surface area contributed by atoms with Gasteiger partial charge in [0.2, 0.25) is 0 Å². The molecule has 3 unspecified atom stereocenters. The molecule has 3 aliphatic heterocycles. The minimum Gasteiger partial charge on any atom is -0.453 e. The Morgan fingerprint density at radius 1 is 1.12 bits per heavy atom. The first-order chi connectivity index (χ1) is 30.7. The maximum absolute atomic E-state index is 17.4. The zero-order chi connectivity index (χ0) is 47.6. The van der Waals surface area contributed by atoms with E-state index in [1.807, 2.05) is 45.1 Å². The number of nitrogens with one attached hydrogen (secondary N) is 1. The van der Waals surface area contributed by atoms with Gasteiger partial charge in [0.25, 0.3) is 11.4 Å². The maximum Gasteiger partial charge on any atom is 0.412 e. The minimum atomic E-state index is -3.31. The highest BCUT2D eigenvalue weighted by atomic mass is 32.1. The number of esters is 1. The molecule has 6 rings (SSSR count). The first-order valence-corrected chi connectivity index (χ1v) is 23.1. The van der Waals surface area contributed by atoms with Crippen LogP contribution in [0.5, 0.6) is 0 Å². The van der Waals surface area contributed by atoms with E-state index < -0.39 is 83.1 Å². The lowest BCUT2D eigenvalue weighted by atomic mass is 9.78. The summed E-state index contributed by atoms with van der Waals surface area (Å²) in [6.45, 7) is 12.1. The smallest absolute Gasteiger partial charge is 0.412 e. The Labute approximate surface area is 382 Å². The number of aliphatic hydroxyl groups is 1. The number of Topliss-reactive ketones (excluding diaryl/α,β-unsaturated/α-hetero) is 1. The van der Waals surface area contributed by atoms with Crippen LogP contribution < -0.4 is 16.7 Å². The molecule has 0 aliphatic carbocycles. The van der Waals surface area contributed by atoms with Crippen LogP contribution in [0.2, 0.25) is 0 Å². The number of nitrogens with zero attached hydrogens (tertiary/aromatic N) is 8. The molecule has 360 valence electrons. The predicted molar refractivity (Wildman–Crippen MR) is 236 cm³/mol. The van der Waals surface area contributed by atoms with Crippen LogP contribution >= 0.6 is 11.3 Å². The van der Waals surface area contributed by atoms with Crippen LogP contribution in [0.1, 0.15) is 80.6 Å². The summed E-state index contributed by atoms with van der Waals surface area (Å²) >= 11 is 1.45. The summed E-state index contributed by atoms with van der Waals surface area (Å²) in [5.41, 5.74) is -1.11. The number of likely N-dealkylation sites (N-methyl/N-ethyl adjacent to an activating group) is 1. The van der Waals surface area contributed by atoms with Crippen molar-refractivity contribution in [1.29, 1.82) is 0 Å². The second kappa shape index (κ2) is 20.2. The Bertz CT molecular complexity index is 2180. The number of hydrogen-bond acceptors (Lipinski definition) is 18. The minimum absolute atomic E-state index is 0.105. The van der Waals surface area contributed by atoms with Gasteiger partial charge in [-0.3, -0.25) is 18.9 Å². The Hall–Kier alpha value is -4.45. The molecule has 3 aliphatic rings. The van der Waals surface area contributed by atoms with Crippen LogP contribution in [0.4, 0.5) is 15.0 Å². The normalized spacial score (nSPS) is 35.3. The number of aliphatic hydroxyl groups excluding tert-OH is 1. The van der Waals surface area contributed by atoms with Gasteiger partial charge in [0.15, 0.2) is 18.2 Å². The van der Waals surface area contributed by atoms with Gasteiger partial charge in [-0.05, 0) is 92.4 Å². The lowest BCUT2D eigenvalue weighted by Gasteiger charge is -2.47. The van der Waals surface area contributed by atoms with Gasteiger partial charge in [0.05, 0.1) is 24.0 Å². The molecule has 0 spiro atoms. The number of unbranched alkanes of at least 4 members (excludes halogenated alkanes) is 1. The molecule has 0 aromatic carbocycles. The fourth-order valence-electron chi connectivity index (χ4n) is 9.69. The van der Waals surface area contributed by atoms with Gasteiger partial charge in [-0.25, -0.2) is 23.8 Å². The van der Waals surface area contributed by atoms with E-state index in [0.717, 1.165) is 16.5 Å². The van der Waals surface area contributed by atoms with Crippen molar-refractivity contribution >= 4 is 35.0 Å². The Kier molecular flexibility index (Phi) is 15.5. The standard InChI is InChI=1S/C43H65FN10O10S/c1-11-30-43(54-18-14-31(45)48-39(54)58)33(53(40(59)64-43)17-13-12-16-52-23-28(49-50-52)36-46-15-19-65-36)27(5)47-22-24(2)21-41(6,60-10)35(26(4)34(56)42(7,44)38(57)62-30)63-37-32(55)29(51(8)9)20-25(3)61-37/h14-15,18-19,23-27,29-30,32-33,35,37,47,55H,11-13,16-17,20-22H2,1-10H3,(H2,45,48,58)/t24-,25-,26-,27-,29?,30-,32?,33-,35-,37+,41-,42?,43-/m1/s1. The van der Waals surface area contributed by atoms with E-state index in [1.54, 1.807) is 30.9 Å². The molecule has 65 heavy (non-hydrogen) atoms. The number of ether oxygens (including phenoxy) is 5. The number of anilines is 1. The number of nitrogen functional groups attached to an aromatic ring is 1. The number of alkyl halides is 1. The Balaban J connectivity index is 1.38. The lowest BCUT2D eigenvalue weighted by molar-refractivity contribution is -0.295. The topological polar surface area (TPSA) is 241 Å². The van der Waals surface area contributed by atoms with Crippen molar-refractivity contribution in [1.82, 2.24) is 44.6 Å². The number of thiazole rings is 1. The zero-order valence-corrected chi connectivity index (χ0v) is 39.7. The second-order valence-corrected chi connectivity index (χ2v) is 19.2. The van der Waals surface area contributed by atoms with E-state index in [0.29, 0.717) is 38.0 Å². The van der Waals surface area contributed by atoms with Gasteiger partial charge in [0.1, 0.15) is 28.7 Å². The number of nitrogens with two attached hydrogens (primary N) is 1. The molecule has 3 aromatic heterocycles. The van der Waals surface area contributed by atoms with E-state index in [2.05, 4.69) is 25.6 Å². The van der Waals surface area contributed by atoms with Crippen molar-refractivity contribution in [2.24, 2.45) is 11.8 Å². The predicted octanol–water partition coefficient (Wildman–Crippen LogP) is 2.98. The number of ketones is 1. The molecular formula is C43H65FN10O10S. The molecule has 3 saturated heterocycles. The molecular weight excluding hydrogens is 868 g/mol. The largest absolute Gasteiger partial charge is 0.453 e. The van der Waals surface area contributed by atoms with Crippen LogP contribution in [-0.2, 0) is 45.5 Å². The van der Waals surface area contributed by atoms with Crippen molar-refractivity contribution in [3.8, 4) is 10.7 Å². The summed E-state index contributed by atoms with van der Waals surface area (Å²) in [7, 11) is 5.12. The van der Waals surface area contributed by atoms with Crippen molar-refractivity contribution in [2.45, 2.75) is 153 Å². The number of rotatable bonds is 12. The van der Waals surface area contributed by atoms with Gasteiger partial charge < -0.3 is 44.7 Å². The molecule has 3 aromatic rings. The number of hydrogen-bond donors (Lipinski definition) is 3. The summed E-state index contributed by atoms with van der Waals surface area (Å²) in [6.07, 6.45) is 0.0793. The van der Waals surface area contributed by atoms with Gasteiger partial charge in [-0.15, -0.1) is 16.4 Å². The third-order valence-electron chi connectivity index (χ3n) is 13.1. The number of carbonyl (C=O) groups is 3. The van der Waals surface area contributed by atoms with E-state index in [-0.39, 0.29) is 43.3 Å². The average molecular weight is 933 g/mol. The van der Waals surface area contributed by atoms with E-state index in [4.69, 9.17) is 29.4 Å². The molecule has 0 bridgehead atoms. The molecule has 1 amide bonds. The van der Waals surface area contributed by atoms with Gasteiger partial charge in [-0.2, -0.15) is 4.98 Å². The van der Waals surface area contributed by atoms with Crippen LogP contribution in [0.15, 0.2) is 34.8 Å². The highest BCUT2D eigenvalue weighted by Crippen LogP contribution is 2.43. The molecule has 6 heterocycles.